The van der Waals surface area contributed by atoms with Gasteiger partial charge in [-0.1, -0.05) is 49.0 Å². The minimum atomic E-state index is -3.80. The Balaban J connectivity index is 2.61. The van der Waals surface area contributed by atoms with E-state index in [4.69, 9.17) is 5.14 Å². The molecule has 6 heteroatoms. The summed E-state index contributed by atoms with van der Waals surface area (Å²) >= 11 is 1.23. The van der Waals surface area contributed by atoms with Crippen LogP contribution in [-0.4, -0.2) is 19.4 Å². The van der Waals surface area contributed by atoms with Crippen LogP contribution >= 0.6 is 11.8 Å². The third kappa shape index (κ3) is 2.28. The number of rotatable bonds is 4. The first-order valence-corrected chi connectivity index (χ1v) is 8.57. The molecule has 19 heavy (non-hydrogen) atoms. The van der Waals surface area contributed by atoms with E-state index in [1.54, 1.807) is 17.5 Å². The second-order valence-electron chi connectivity index (χ2n) is 4.56. The third-order valence-electron chi connectivity index (χ3n) is 3.38. The molecule has 0 bridgehead atoms. The van der Waals surface area contributed by atoms with Crippen LogP contribution in [0.2, 0.25) is 0 Å². The predicted octanol–water partition coefficient (Wildman–Crippen LogP) is 2.40. The average molecular weight is 298 g/mol. The maximum absolute atomic E-state index is 12.3. The lowest BCUT2D eigenvalue weighted by molar-refractivity contribution is 0.245. The lowest BCUT2D eigenvalue weighted by Crippen LogP contribution is -2.50. The van der Waals surface area contributed by atoms with Crippen molar-refractivity contribution < 1.29 is 8.42 Å². The Labute approximate surface area is 118 Å². The fraction of sp³-hybridized carbons (Fsp3) is 0.385. The minimum Gasteiger partial charge on any atom is -0.342 e. The summed E-state index contributed by atoms with van der Waals surface area (Å²) in [6.07, 6.45) is 2.66. The summed E-state index contributed by atoms with van der Waals surface area (Å²) in [5.74, 6) is 0. The molecule has 0 fully saturated rings. The summed E-state index contributed by atoms with van der Waals surface area (Å²) in [5, 5.41) is 7.36. The van der Waals surface area contributed by atoms with Gasteiger partial charge < -0.3 is 4.90 Å². The van der Waals surface area contributed by atoms with Crippen LogP contribution in [0.3, 0.4) is 0 Å². The van der Waals surface area contributed by atoms with Crippen molar-refractivity contribution in [3.63, 3.8) is 0 Å². The van der Waals surface area contributed by atoms with Crippen LogP contribution < -0.4 is 5.14 Å². The molecule has 2 rings (SSSR count). The number of hydrogen-bond acceptors (Lipinski definition) is 4. The second-order valence-corrected chi connectivity index (χ2v) is 7.60. The molecule has 0 aliphatic carbocycles. The summed E-state index contributed by atoms with van der Waals surface area (Å²) in [5.41, 5.74) is 0.688. The monoisotopic (exact) mass is 298 g/mol. The molecule has 0 saturated carbocycles. The van der Waals surface area contributed by atoms with E-state index < -0.39 is 14.2 Å². The molecule has 1 aromatic rings. The molecule has 1 aliphatic rings. The SMILES string of the molecule is CCC(C)N1C=CSC1(c1ccccc1)S(N)(=O)=O. The maximum Gasteiger partial charge on any atom is 0.248 e. The molecule has 0 spiro atoms. The number of thioether (sulfide) groups is 1. The van der Waals surface area contributed by atoms with Gasteiger partial charge in [0.25, 0.3) is 0 Å². The molecule has 0 saturated heterocycles. The number of nitrogens with zero attached hydrogens (tertiary/aromatic N) is 1. The Morgan fingerprint density at radius 2 is 2.00 bits per heavy atom. The van der Waals surface area contributed by atoms with Crippen LogP contribution in [0.1, 0.15) is 25.8 Å². The summed E-state index contributed by atoms with van der Waals surface area (Å²) < 4.78 is 23.3. The molecule has 104 valence electrons. The van der Waals surface area contributed by atoms with Crippen molar-refractivity contribution in [3.05, 3.63) is 47.5 Å². The van der Waals surface area contributed by atoms with Crippen molar-refractivity contribution in [2.24, 2.45) is 5.14 Å². The predicted molar refractivity (Wildman–Crippen MR) is 79.6 cm³/mol. The molecule has 1 aromatic carbocycles. The van der Waals surface area contributed by atoms with Gasteiger partial charge in [-0.25, -0.2) is 13.6 Å². The van der Waals surface area contributed by atoms with E-state index >= 15 is 0 Å². The van der Waals surface area contributed by atoms with Crippen LogP contribution in [0, 0.1) is 0 Å². The fourth-order valence-corrected chi connectivity index (χ4v) is 4.94. The van der Waals surface area contributed by atoms with Crippen molar-refractivity contribution in [3.8, 4) is 0 Å². The van der Waals surface area contributed by atoms with Crippen LogP contribution in [0.4, 0.5) is 0 Å². The Hall–Kier alpha value is -0.980. The quantitative estimate of drug-likeness (QED) is 0.927. The zero-order valence-corrected chi connectivity index (χ0v) is 12.6. The number of primary sulfonamides is 1. The molecule has 4 nitrogen and oxygen atoms in total. The topological polar surface area (TPSA) is 63.4 Å². The Morgan fingerprint density at radius 3 is 2.53 bits per heavy atom. The second kappa shape index (κ2) is 5.19. The van der Waals surface area contributed by atoms with Crippen molar-refractivity contribution >= 4 is 21.8 Å². The lowest BCUT2D eigenvalue weighted by atomic mass is 10.1. The first-order chi connectivity index (χ1) is 8.93. The molecule has 0 aromatic heterocycles. The largest absolute Gasteiger partial charge is 0.342 e. The smallest absolute Gasteiger partial charge is 0.248 e. The van der Waals surface area contributed by atoms with Gasteiger partial charge in [0.1, 0.15) is 0 Å². The Bertz CT molecular complexity index is 572. The van der Waals surface area contributed by atoms with Crippen LogP contribution in [0.25, 0.3) is 0 Å². The molecular formula is C13H18N2O2S2. The van der Waals surface area contributed by atoms with Crippen molar-refractivity contribution in [2.75, 3.05) is 0 Å². The van der Waals surface area contributed by atoms with Crippen LogP contribution in [-0.2, 0) is 14.2 Å². The summed E-state index contributed by atoms with van der Waals surface area (Å²) in [4.78, 5) is 1.84. The number of hydrogen-bond donors (Lipinski definition) is 1. The average Bonchev–Trinajstić information content (AvgIpc) is 2.84. The van der Waals surface area contributed by atoms with Gasteiger partial charge in [0.15, 0.2) is 0 Å². The highest BCUT2D eigenvalue weighted by atomic mass is 32.3. The van der Waals surface area contributed by atoms with E-state index in [0.717, 1.165) is 6.42 Å². The number of sulfonamides is 1. The van der Waals surface area contributed by atoms with Gasteiger partial charge in [-0.05, 0) is 18.8 Å². The molecular weight excluding hydrogens is 280 g/mol. The molecule has 1 heterocycles. The normalized spacial score (nSPS) is 24.7. The maximum atomic E-state index is 12.3. The number of benzene rings is 1. The summed E-state index contributed by atoms with van der Waals surface area (Å²) in [7, 11) is -3.80. The Morgan fingerprint density at radius 1 is 1.37 bits per heavy atom. The standard InChI is InChI=1S/C13H18N2O2S2/c1-3-11(2)15-9-10-18-13(15,19(14,16)17)12-7-5-4-6-8-12/h4-11H,3H2,1-2H3,(H2,14,16,17). The van der Waals surface area contributed by atoms with E-state index in [-0.39, 0.29) is 6.04 Å². The van der Waals surface area contributed by atoms with E-state index in [9.17, 15) is 8.42 Å². The van der Waals surface area contributed by atoms with Gasteiger partial charge in [0.2, 0.25) is 14.2 Å². The highest BCUT2D eigenvalue weighted by Gasteiger charge is 2.51. The highest BCUT2D eigenvalue weighted by Crippen LogP contribution is 2.49. The van der Waals surface area contributed by atoms with E-state index in [2.05, 4.69) is 0 Å². The van der Waals surface area contributed by atoms with Gasteiger partial charge in [-0.2, -0.15) is 0 Å². The minimum absolute atomic E-state index is 0.0878. The third-order valence-corrected chi connectivity index (χ3v) is 6.61. The van der Waals surface area contributed by atoms with Gasteiger partial charge in [0.05, 0.1) is 0 Å². The molecule has 0 amide bonds. The molecule has 0 radical (unpaired) electrons. The summed E-state index contributed by atoms with van der Waals surface area (Å²) in [6.45, 7) is 4.03. The van der Waals surface area contributed by atoms with E-state index in [0.29, 0.717) is 5.56 Å². The zero-order chi connectivity index (χ0) is 14.1. The van der Waals surface area contributed by atoms with E-state index in [1.165, 1.54) is 11.8 Å². The van der Waals surface area contributed by atoms with Gasteiger partial charge >= 0.3 is 0 Å². The highest BCUT2D eigenvalue weighted by molar-refractivity contribution is 8.15. The number of nitrogens with two attached hydrogens (primary N) is 1. The van der Waals surface area contributed by atoms with Crippen molar-refractivity contribution in [1.29, 1.82) is 0 Å². The first kappa shape index (κ1) is 14.4. The van der Waals surface area contributed by atoms with Crippen molar-refractivity contribution in [1.82, 2.24) is 4.90 Å². The first-order valence-electron chi connectivity index (χ1n) is 6.14. The molecule has 2 atom stereocenters. The van der Waals surface area contributed by atoms with Gasteiger partial charge in [0, 0.05) is 17.8 Å². The molecule has 1 aliphatic heterocycles. The summed E-state index contributed by atoms with van der Waals surface area (Å²) in [6, 6.07) is 9.22. The lowest BCUT2D eigenvalue weighted by Gasteiger charge is -2.40. The zero-order valence-electron chi connectivity index (χ0n) is 11.0. The van der Waals surface area contributed by atoms with Crippen LogP contribution in [0.15, 0.2) is 41.9 Å². The van der Waals surface area contributed by atoms with E-state index in [1.807, 2.05) is 43.1 Å². The van der Waals surface area contributed by atoms with Crippen LogP contribution in [0.5, 0.6) is 0 Å². The van der Waals surface area contributed by atoms with Gasteiger partial charge in [-0.3, -0.25) is 0 Å². The molecule has 2 unspecified atom stereocenters. The van der Waals surface area contributed by atoms with Gasteiger partial charge in [-0.15, -0.1) is 0 Å². The van der Waals surface area contributed by atoms with Crippen molar-refractivity contribution in [2.45, 2.75) is 30.5 Å². The fourth-order valence-electron chi connectivity index (χ4n) is 2.23. The molecule has 2 N–H and O–H groups in total. The Kier molecular flexibility index (Phi) is 3.94.